The summed E-state index contributed by atoms with van der Waals surface area (Å²) in [6.45, 7) is 6.79. The molecule has 1 heterocycles. The lowest BCUT2D eigenvalue weighted by molar-refractivity contribution is -0.206. The van der Waals surface area contributed by atoms with Crippen molar-refractivity contribution in [3.05, 3.63) is 42.0 Å². The van der Waals surface area contributed by atoms with Crippen molar-refractivity contribution < 1.29 is 14.2 Å². The molecule has 0 bridgehead atoms. The average molecular weight is 443 g/mol. The summed E-state index contributed by atoms with van der Waals surface area (Å²) in [6.07, 6.45) is 20.5. The Labute approximate surface area is 196 Å². The van der Waals surface area contributed by atoms with Crippen LogP contribution in [0.2, 0.25) is 0 Å². The van der Waals surface area contributed by atoms with Crippen LogP contribution < -0.4 is 4.74 Å². The van der Waals surface area contributed by atoms with Gasteiger partial charge in [0, 0.05) is 11.5 Å². The van der Waals surface area contributed by atoms with E-state index in [2.05, 4.69) is 38.1 Å². The number of unbranched alkanes of at least 4 members (excludes halogenated alkanes) is 4. The van der Waals surface area contributed by atoms with Gasteiger partial charge in [0.2, 0.25) is 0 Å². The number of hydrogen-bond donors (Lipinski definition) is 0. The molecule has 3 nitrogen and oxygen atoms in total. The molecule has 1 aliphatic carbocycles. The molecular formula is C29H46O3. The molecule has 0 N–H and O–H groups in total. The van der Waals surface area contributed by atoms with Gasteiger partial charge < -0.3 is 14.2 Å². The summed E-state index contributed by atoms with van der Waals surface area (Å²) in [5, 5.41) is 0. The average Bonchev–Trinajstić information content (AvgIpc) is 2.84. The Balaban J connectivity index is 1.30. The van der Waals surface area contributed by atoms with Crippen molar-refractivity contribution in [3.63, 3.8) is 0 Å². The smallest absolute Gasteiger partial charge is 0.183 e. The molecule has 1 aromatic rings. The highest BCUT2D eigenvalue weighted by molar-refractivity contribution is 5.28. The highest BCUT2D eigenvalue weighted by Crippen LogP contribution is 2.33. The first kappa shape index (κ1) is 25.3. The first-order valence-electron chi connectivity index (χ1n) is 13.4. The zero-order chi connectivity index (χ0) is 22.4. The van der Waals surface area contributed by atoms with E-state index in [1.165, 1.54) is 77.0 Å². The van der Waals surface area contributed by atoms with Gasteiger partial charge in [0.1, 0.15) is 12.4 Å². The minimum absolute atomic E-state index is 0.233. The lowest BCUT2D eigenvalue weighted by Gasteiger charge is -2.29. The molecule has 3 rings (SSSR count). The Morgan fingerprint density at radius 2 is 1.44 bits per heavy atom. The molecule has 0 unspecified atom stereocenters. The standard InChI is InChI=1S/C29H46O3/c1-3-5-7-10-24-13-15-25(16-14-24)12-9-21-30-28-19-17-27(18-20-28)29-31-22-26(23-32-29)11-8-6-4-2/h9,12,17-20,24-26,29H,3-8,10-11,13-16,21-23H2,1-2H3. The van der Waals surface area contributed by atoms with E-state index < -0.39 is 0 Å². The molecule has 0 radical (unpaired) electrons. The fourth-order valence-electron chi connectivity index (χ4n) is 5.05. The predicted molar refractivity (Wildman–Crippen MR) is 133 cm³/mol. The number of allylic oxidation sites excluding steroid dienone is 1. The van der Waals surface area contributed by atoms with E-state index in [0.717, 1.165) is 36.4 Å². The molecule has 0 atom stereocenters. The van der Waals surface area contributed by atoms with Crippen LogP contribution in [0.5, 0.6) is 5.75 Å². The summed E-state index contributed by atoms with van der Waals surface area (Å²) in [6, 6.07) is 8.21. The van der Waals surface area contributed by atoms with Crippen LogP contribution >= 0.6 is 0 Å². The molecule has 2 aliphatic rings. The van der Waals surface area contributed by atoms with Gasteiger partial charge in [0.25, 0.3) is 0 Å². The van der Waals surface area contributed by atoms with Crippen LogP contribution in [0, 0.1) is 17.8 Å². The Morgan fingerprint density at radius 1 is 0.812 bits per heavy atom. The fraction of sp³-hybridized carbons (Fsp3) is 0.724. The molecule has 1 aliphatic heterocycles. The van der Waals surface area contributed by atoms with Crippen molar-refractivity contribution in [1.82, 2.24) is 0 Å². The largest absolute Gasteiger partial charge is 0.490 e. The molecule has 0 amide bonds. The molecule has 1 saturated carbocycles. The molecule has 3 heteroatoms. The molecule has 2 fully saturated rings. The monoisotopic (exact) mass is 442 g/mol. The van der Waals surface area contributed by atoms with Crippen LogP contribution in [0.3, 0.4) is 0 Å². The summed E-state index contributed by atoms with van der Waals surface area (Å²) >= 11 is 0. The van der Waals surface area contributed by atoms with Crippen molar-refractivity contribution in [2.24, 2.45) is 17.8 Å². The van der Waals surface area contributed by atoms with Crippen LogP contribution in [0.4, 0.5) is 0 Å². The summed E-state index contributed by atoms with van der Waals surface area (Å²) in [4.78, 5) is 0. The lowest BCUT2D eigenvalue weighted by atomic mass is 9.79. The van der Waals surface area contributed by atoms with Gasteiger partial charge in [-0.05, 0) is 56.1 Å². The second kappa shape index (κ2) is 14.8. The van der Waals surface area contributed by atoms with Gasteiger partial charge >= 0.3 is 0 Å². The number of hydrogen-bond acceptors (Lipinski definition) is 3. The molecule has 0 aromatic heterocycles. The Hall–Kier alpha value is -1.32. The maximum absolute atomic E-state index is 5.97. The Bertz CT molecular complexity index is 622. The summed E-state index contributed by atoms with van der Waals surface area (Å²) < 4.78 is 17.9. The maximum Gasteiger partial charge on any atom is 0.183 e. The third-order valence-electron chi connectivity index (χ3n) is 7.20. The van der Waals surface area contributed by atoms with Gasteiger partial charge in [-0.25, -0.2) is 0 Å². The Morgan fingerprint density at radius 3 is 2.06 bits per heavy atom. The third-order valence-corrected chi connectivity index (χ3v) is 7.20. The van der Waals surface area contributed by atoms with E-state index in [-0.39, 0.29) is 6.29 Å². The fourth-order valence-corrected chi connectivity index (χ4v) is 5.05. The van der Waals surface area contributed by atoms with Gasteiger partial charge in [0.15, 0.2) is 6.29 Å². The third kappa shape index (κ3) is 8.90. The molecule has 32 heavy (non-hydrogen) atoms. The molecular weight excluding hydrogens is 396 g/mol. The van der Waals surface area contributed by atoms with Crippen molar-refractivity contribution in [2.45, 2.75) is 97.2 Å². The van der Waals surface area contributed by atoms with Crippen LogP contribution in [0.1, 0.15) is 103 Å². The van der Waals surface area contributed by atoms with Crippen molar-refractivity contribution in [2.75, 3.05) is 19.8 Å². The van der Waals surface area contributed by atoms with Crippen molar-refractivity contribution in [3.8, 4) is 5.75 Å². The van der Waals surface area contributed by atoms with E-state index >= 15 is 0 Å². The second-order valence-corrected chi connectivity index (χ2v) is 9.95. The topological polar surface area (TPSA) is 27.7 Å². The van der Waals surface area contributed by atoms with E-state index in [0.29, 0.717) is 12.5 Å². The van der Waals surface area contributed by atoms with Gasteiger partial charge in [0.05, 0.1) is 13.2 Å². The Kier molecular flexibility index (Phi) is 11.7. The normalized spacial score (nSPS) is 26.4. The highest BCUT2D eigenvalue weighted by Gasteiger charge is 2.23. The van der Waals surface area contributed by atoms with Crippen LogP contribution in [-0.2, 0) is 9.47 Å². The van der Waals surface area contributed by atoms with E-state index in [9.17, 15) is 0 Å². The maximum atomic E-state index is 5.97. The first-order chi connectivity index (χ1) is 15.8. The number of benzene rings is 1. The van der Waals surface area contributed by atoms with E-state index in [1.54, 1.807) is 0 Å². The molecule has 180 valence electrons. The van der Waals surface area contributed by atoms with Gasteiger partial charge in [-0.15, -0.1) is 0 Å². The van der Waals surface area contributed by atoms with Gasteiger partial charge in [-0.2, -0.15) is 0 Å². The highest BCUT2D eigenvalue weighted by atomic mass is 16.7. The quantitative estimate of drug-likeness (QED) is 0.227. The minimum Gasteiger partial charge on any atom is -0.490 e. The van der Waals surface area contributed by atoms with Gasteiger partial charge in [-0.1, -0.05) is 83.1 Å². The zero-order valence-electron chi connectivity index (χ0n) is 20.6. The summed E-state index contributed by atoms with van der Waals surface area (Å²) in [5.74, 6) is 3.18. The van der Waals surface area contributed by atoms with Crippen LogP contribution in [0.15, 0.2) is 36.4 Å². The van der Waals surface area contributed by atoms with Gasteiger partial charge in [-0.3, -0.25) is 0 Å². The predicted octanol–water partition coefficient (Wildman–Crippen LogP) is 8.25. The van der Waals surface area contributed by atoms with Crippen molar-refractivity contribution in [1.29, 1.82) is 0 Å². The zero-order valence-corrected chi connectivity index (χ0v) is 20.6. The first-order valence-corrected chi connectivity index (χ1v) is 13.4. The SMILES string of the molecule is CCCCCC1CCC(C=CCOc2ccc(C3OCC(CCCCC)CO3)cc2)CC1. The minimum atomic E-state index is -0.233. The van der Waals surface area contributed by atoms with E-state index in [1.807, 2.05) is 12.1 Å². The summed E-state index contributed by atoms with van der Waals surface area (Å²) in [7, 11) is 0. The van der Waals surface area contributed by atoms with Crippen LogP contribution in [-0.4, -0.2) is 19.8 Å². The molecule has 1 aromatic carbocycles. The molecule has 0 spiro atoms. The molecule has 1 saturated heterocycles. The van der Waals surface area contributed by atoms with E-state index in [4.69, 9.17) is 14.2 Å². The summed E-state index contributed by atoms with van der Waals surface area (Å²) in [5.41, 5.74) is 1.08. The number of rotatable bonds is 13. The second-order valence-electron chi connectivity index (χ2n) is 9.95. The van der Waals surface area contributed by atoms with Crippen LogP contribution in [0.25, 0.3) is 0 Å². The number of ether oxygens (including phenoxy) is 3. The van der Waals surface area contributed by atoms with Crippen molar-refractivity contribution >= 4 is 0 Å². The lowest BCUT2D eigenvalue weighted by Crippen LogP contribution is -2.27.